The van der Waals surface area contributed by atoms with E-state index in [1.54, 1.807) is 18.2 Å². The maximum atomic E-state index is 11.9. The monoisotopic (exact) mass is 410 g/mol. The van der Waals surface area contributed by atoms with E-state index in [4.69, 9.17) is 17.2 Å². The van der Waals surface area contributed by atoms with Gasteiger partial charge in [-0.2, -0.15) is 0 Å². The minimum absolute atomic E-state index is 0.000556. The molecule has 0 saturated carbocycles. The predicted octanol–water partition coefficient (Wildman–Crippen LogP) is 3.56. The minimum atomic E-state index is -0.501. The number of anilines is 3. The van der Waals surface area contributed by atoms with Crippen LogP contribution in [0.2, 0.25) is 0 Å². The van der Waals surface area contributed by atoms with E-state index >= 15 is 0 Å². The number of rotatable bonds is 3. The van der Waals surface area contributed by atoms with Crippen LogP contribution in [-0.4, -0.2) is 16.5 Å². The molecule has 0 amide bonds. The molecule has 30 heavy (non-hydrogen) atoms. The zero-order chi connectivity index (χ0) is 22.2. The summed E-state index contributed by atoms with van der Waals surface area (Å²) in [6.45, 7) is 3.93. The Morgan fingerprint density at radius 3 is 1.83 bits per heavy atom. The fourth-order valence-corrected chi connectivity index (χ4v) is 4.22. The first-order valence-corrected chi connectivity index (χ1v) is 10.0. The van der Waals surface area contributed by atoms with Gasteiger partial charge in [-0.15, -0.1) is 0 Å². The summed E-state index contributed by atoms with van der Waals surface area (Å²) in [4.78, 5) is 34.0. The first-order chi connectivity index (χ1) is 14.2. The van der Waals surface area contributed by atoms with Gasteiger partial charge in [-0.05, 0) is 55.5 Å². The second-order valence-corrected chi connectivity index (χ2v) is 7.73. The van der Waals surface area contributed by atoms with Crippen molar-refractivity contribution in [3.8, 4) is 0 Å². The van der Waals surface area contributed by atoms with Gasteiger partial charge >= 0.3 is 0 Å². The molecule has 2 aliphatic carbocycles. The van der Waals surface area contributed by atoms with Crippen molar-refractivity contribution in [1.82, 2.24) is 0 Å². The Morgan fingerprint density at radius 1 is 0.867 bits per heavy atom. The highest BCUT2D eigenvalue weighted by Crippen LogP contribution is 2.38. The van der Waals surface area contributed by atoms with Gasteiger partial charge in [0, 0.05) is 28.5 Å². The molecule has 6 N–H and O–H groups in total. The average Bonchev–Trinajstić information content (AvgIpc) is 3.21. The summed E-state index contributed by atoms with van der Waals surface area (Å²) in [7, 11) is 0. The number of nitro groups is 1. The zero-order valence-corrected chi connectivity index (χ0v) is 17.1. The van der Waals surface area contributed by atoms with Gasteiger partial charge in [0.15, 0.2) is 11.6 Å². The second kappa shape index (κ2) is 8.14. The first-order valence-electron chi connectivity index (χ1n) is 10.0. The van der Waals surface area contributed by atoms with Crippen molar-refractivity contribution >= 4 is 34.3 Å². The molecule has 0 fully saturated rings. The molecule has 2 unspecified atom stereocenters. The molecule has 8 nitrogen and oxygen atoms in total. The summed E-state index contributed by atoms with van der Waals surface area (Å²) in [5.74, 6) is 0.194. The van der Waals surface area contributed by atoms with E-state index in [9.17, 15) is 19.7 Å². The van der Waals surface area contributed by atoms with E-state index in [0.29, 0.717) is 35.3 Å². The molecule has 0 spiro atoms. The molecule has 8 heteroatoms. The number of nitrogens with zero attached hydrogens (tertiary/aromatic N) is 1. The van der Waals surface area contributed by atoms with Crippen LogP contribution in [-0.2, 0) is 12.8 Å². The lowest BCUT2D eigenvalue weighted by Crippen LogP contribution is -2.06. The largest absolute Gasteiger partial charge is 0.397 e. The molecular weight excluding hydrogens is 384 g/mol. The Balaban J connectivity index is 0.000000172. The molecule has 0 saturated heterocycles. The molecule has 2 aromatic rings. The minimum Gasteiger partial charge on any atom is -0.397 e. The van der Waals surface area contributed by atoms with Crippen molar-refractivity contribution in [1.29, 1.82) is 0 Å². The summed E-state index contributed by atoms with van der Waals surface area (Å²) in [5.41, 5.74) is 21.0. The highest BCUT2D eigenvalue weighted by atomic mass is 16.6. The number of carbonyl (C=O) groups excluding carboxylic acids is 2. The molecule has 0 aliphatic heterocycles. The molecule has 0 heterocycles. The van der Waals surface area contributed by atoms with Crippen LogP contribution in [0.3, 0.4) is 0 Å². The Kier molecular flexibility index (Phi) is 5.78. The summed E-state index contributed by atoms with van der Waals surface area (Å²) >= 11 is 0. The van der Waals surface area contributed by atoms with Crippen LogP contribution in [0.4, 0.5) is 22.7 Å². The van der Waals surface area contributed by atoms with Crippen molar-refractivity contribution in [2.75, 3.05) is 17.2 Å². The summed E-state index contributed by atoms with van der Waals surface area (Å²) < 4.78 is 0. The summed E-state index contributed by atoms with van der Waals surface area (Å²) in [6.07, 6.45) is 2.75. The van der Waals surface area contributed by atoms with E-state index < -0.39 is 4.92 Å². The molecule has 0 aromatic heterocycles. The van der Waals surface area contributed by atoms with E-state index in [1.807, 2.05) is 13.8 Å². The number of fused-ring (bicyclic) bond motifs is 2. The summed E-state index contributed by atoms with van der Waals surface area (Å²) in [6, 6.07) is 6.53. The number of hydrogen-bond acceptors (Lipinski definition) is 7. The van der Waals surface area contributed by atoms with Crippen LogP contribution in [0.15, 0.2) is 24.3 Å². The van der Waals surface area contributed by atoms with Crippen molar-refractivity contribution < 1.29 is 14.5 Å². The van der Waals surface area contributed by atoms with Crippen molar-refractivity contribution in [3.63, 3.8) is 0 Å². The molecule has 2 atom stereocenters. The third kappa shape index (κ3) is 3.49. The smallest absolute Gasteiger partial charge is 0.296 e. The maximum absolute atomic E-state index is 11.9. The molecule has 0 bridgehead atoms. The fourth-order valence-electron chi connectivity index (χ4n) is 4.22. The molecule has 2 aliphatic rings. The van der Waals surface area contributed by atoms with Crippen LogP contribution in [0, 0.1) is 22.0 Å². The molecule has 4 rings (SSSR count). The van der Waals surface area contributed by atoms with E-state index in [-0.39, 0.29) is 34.8 Å². The van der Waals surface area contributed by atoms with E-state index in [0.717, 1.165) is 24.0 Å². The molecule has 2 aromatic carbocycles. The highest BCUT2D eigenvalue weighted by Gasteiger charge is 2.35. The fraction of sp³-hybridized carbons (Fsp3) is 0.364. The third-order valence-electron chi connectivity index (χ3n) is 6.05. The molecular formula is C22H26N4O4. The van der Waals surface area contributed by atoms with Gasteiger partial charge in [-0.25, -0.2) is 0 Å². The summed E-state index contributed by atoms with van der Waals surface area (Å²) in [5, 5.41) is 10.9. The molecule has 0 radical (unpaired) electrons. The second-order valence-electron chi connectivity index (χ2n) is 7.73. The standard InChI is InChI=1S/C11H12N2O3.C11H14N2O/c1-2-6-5-8-7(11(6)14)3-4-9(12)10(8)13(15)16;1-2-6-5-8-7(11(6)14)3-4-9(12)10(8)13/h3-4,6H,2,5,12H2,1H3;3-4,6H,2,5,12-13H2,1H3. The van der Waals surface area contributed by atoms with E-state index in [2.05, 4.69) is 0 Å². The van der Waals surface area contributed by atoms with Gasteiger partial charge in [0.2, 0.25) is 0 Å². The third-order valence-corrected chi connectivity index (χ3v) is 6.05. The Bertz CT molecular complexity index is 1050. The number of carbonyl (C=O) groups is 2. The Morgan fingerprint density at radius 2 is 1.33 bits per heavy atom. The first kappa shape index (κ1) is 21.3. The number of hydrogen-bond donors (Lipinski definition) is 3. The van der Waals surface area contributed by atoms with Crippen molar-refractivity contribution in [2.24, 2.45) is 11.8 Å². The topological polar surface area (TPSA) is 155 Å². The maximum Gasteiger partial charge on any atom is 0.296 e. The van der Waals surface area contributed by atoms with Crippen LogP contribution in [0.1, 0.15) is 58.5 Å². The van der Waals surface area contributed by atoms with Crippen LogP contribution in [0.5, 0.6) is 0 Å². The van der Waals surface area contributed by atoms with Gasteiger partial charge in [0.25, 0.3) is 5.69 Å². The molecule has 158 valence electrons. The van der Waals surface area contributed by atoms with E-state index in [1.165, 1.54) is 6.07 Å². The highest BCUT2D eigenvalue weighted by molar-refractivity contribution is 6.05. The number of nitro benzene ring substituents is 1. The normalized spacial score (nSPS) is 19.1. The van der Waals surface area contributed by atoms with Gasteiger partial charge in [0.1, 0.15) is 5.69 Å². The predicted molar refractivity (Wildman–Crippen MR) is 116 cm³/mol. The van der Waals surface area contributed by atoms with Crippen molar-refractivity contribution in [3.05, 3.63) is 56.6 Å². The van der Waals surface area contributed by atoms with Crippen molar-refractivity contribution in [2.45, 2.75) is 39.5 Å². The number of benzene rings is 2. The van der Waals surface area contributed by atoms with Gasteiger partial charge < -0.3 is 17.2 Å². The lowest BCUT2D eigenvalue weighted by Gasteiger charge is -2.05. The van der Waals surface area contributed by atoms with Crippen LogP contribution >= 0.6 is 0 Å². The number of nitrogens with two attached hydrogens (primary N) is 3. The van der Waals surface area contributed by atoms with Gasteiger partial charge in [-0.3, -0.25) is 19.7 Å². The van der Waals surface area contributed by atoms with Crippen LogP contribution < -0.4 is 17.2 Å². The zero-order valence-electron chi connectivity index (χ0n) is 17.1. The number of Topliss-reactive ketones (excluding diaryl/α,β-unsaturated/α-hetero) is 2. The average molecular weight is 410 g/mol. The Hall–Kier alpha value is -3.42. The quantitative estimate of drug-likeness (QED) is 0.397. The Labute approximate surface area is 174 Å². The number of ketones is 2. The van der Waals surface area contributed by atoms with Gasteiger partial charge in [-0.1, -0.05) is 13.8 Å². The lowest BCUT2D eigenvalue weighted by atomic mass is 10.0. The number of nitrogen functional groups attached to an aromatic ring is 3. The SMILES string of the molecule is CCC1Cc2c(ccc(N)c2N)C1=O.CCC1Cc2c(ccc(N)c2[N+](=O)[O-])C1=O. The van der Waals surface area contributed by atoms with Crippen LogP contribution in [0.25, 0.3) is 0 Å². The lowest BCUT2D eigenvalue weighted by molar-refractivity contribution is -0.384. The van der Waals surface area contributed by atoms with Gasteiger partial charge in [0.05, 0.1) is 16.3 Å².